The molecule has 0 radical (unpaired) electrons. The molecule has 0 spiro atoms. The molecule has 2 aliphatic rings. The largest absolute Gasteiger partial charge is 0.313 e. The molecular formula is C19H30N2. The molecule has 0 bridgehead atoms. The summed E-state index contributed by atoms with van der Waals surface area (Å²) in [6.07, 6.45) is 9.43. The van der Waals surface area contributed by atoms with Crippen LogP contribution in [0.2, 0.25) is 0 Å². The summed E-state index contributed by atoms with van der Waals surface area (Å²) in [5, 5.41) is 3.72. The maximum absolute atomic E-state index is 3.72. The maximum atomic E-state index is 3.72. The average Bonchev–Trinajstić information content (AvgIpc) is 2.76. The summed E-state index contributed by atoms with van der Waals surface area (Å²) in [7, 11) is 0. The Bertz CT molecular complexity index is 437. The smallest absolute Gasteiger partial charge is 0.0351 e. The van der Waals surface area contributed by atoms with Gasteiger partial charge in [-0.1, -0.05) is 44.0 Å². The van der Waals surface area contributed by atoms with Crippen LogP contribution in [0.15, 0.2) is 24.3 Å². The van der Waals surface area contributed by atoms with Crippen LogP contribution in [0.4, 0.5) is 0 Å². The van der Waals surface area contributed by atoms with Crippen molar-refractivity contribution in [1.82, 2.24) is 10.2 Å². The molecule has 1 N–H and O–H groups in total. The minimum Gasteiger partial charge on any atom is -0.313 e. The second-order valence-electron chi connectivity index (χ2n) is 6.69. The van der Waals surface area contributed by atoms with Crippen molar-refractivity contribution < 1.29 is 0 Å². The van der Waals surface area contributed by atoms with E-state index in [1.807, 2.05) is 0 Å². The van der Waals surface area contributed by atoms with Crippen LogP contribution < -0.4 is 5.32 Å². The fourth-order valence-electron chi connectivity index (χ4n) is 4.11. The zero-order chi connectivity index (χ0) is 14.5. The molecule has 1 aromatic rings. The van der Waals surface area contributed by atoms with E-state index in [1.54, 1.807) is 11.1 Å². The summed E-state index contributed by atoms with van der Waals surface area (Å²) in [6.45, 7) is 5.92. The Labute approximate surface area is 129 Å². The maximum Gasteiger partial charge on any atom is 0.0351 e. The van der Waals surface area contributed by atoms with Crippen LogP contribution >= 0.6 is 0 Å². The van der Waals surface area contributed by atoms with Crippen molar-refractivity contribution in [2.75, 3.05) is 19.6 Å². The molecule has 1 aliphatic carbocycles. The van der Waals surface area contributed by atoms with E-state index in [4.69, 9.17) is 0 Å². The van der Waals surface area contributed by atoms with Crippen LogP contribution in [0.25, 0.3) is 0 Å². The molecule has 1 aromatic carbocycles. The van der Waals surface area contributed by atoms with Crippen LogP contribution in [-0.4, -0.2) is 30.6 Å². The Hall–Kier alpha value is -0.860. The molecule has 116 valence electrons. The molecule has 0 amide bonds. The third-order valence-corrected chi connectivity index (χ3v) is 5.30. The van der Waals surface area contributed by atoms with Gasteiger partial charge >= 0.3 is 0 Å². The van der Waals surface area contributed by atoms with Gasteiger partial charge in [0.15, 0.2) is 0 Å². The van der Waals surface area contributed by atoms with Crippen molar-refractivity contribution in [2.24, 2.45) is 0 Å². The monoisotopic (exact) mass is 286 g/mol. The van der Waals surface area contributed by atoms with Gasteiger partial charge in [-0.15, -0.1) is 0 Å². The Morgan fingerprint density at radius 2 is 1.95 bits per heavy atom. The Morgan fingerprint density at radius 1 is 1.10 bits per heavy atom. The molecule has 0 saturated carbocycles. The lowest BCUT2D eigenvalue weighted by atomic mass is 9.96. The van der Waals surface area contributed by atoms with Gasteiger partial charge in [0.25, 0.3) is 0 Å². The first-order valence-electron chi connectivity index (χ1n) is 8.93. The van der Waals surface area contributed by atoms with Gasteiger partial charge in [-0.2, -0.15) is 0 Å². The third-order valence-electron chi connectivity index (χ3n) is 5.30. The number of nitrogens with zero attached hydrogens (tertiary/aromatic N) is 1. The zero-order valence-corrected chi connectivity index (χ0v) is 13.5. The van der Waals surface area contributed by atoms with E-state index in [-0.39, 0.29) is 0 Å². The highest BCUT2D eigenvalue weighted by atomic mass is 15.2. The molecule has 2 heteroatoms. The van der Waals surface area contributed by atoms with Crippen LogP contribution in [0.1, 0.15) is 62.6 Å². The van der Waals surface area contributed by atoms with Gasteiger partial charge in [0.05, 0.1) is 0 Å². The lowest BCUT2D eigenvalue weighted by molar-refractivity contribution is 0.165. The minimum atomic E-state index is 0.637. The third kappa shape index (κ3) is 3.67. The summed E-state index contributed by atoms with van der Waals surface area (Å²) in [5.41, 5.74) is 3.20. The molecule has 0 aromatic heterocycles. The molecule has 1 fully saturated rings. The second-order valence-corrected chi connectivity index (χ2v) is 6.69. The molecule has 2 unspecified atom stereocenters. The van der Waals surface area contributed by atoms with Gasteiger partial charge in [-0.05, 0) is 56.3 Å². The van der Waals surface area contributed by atoms with Gasteiger partial charge in [-0.3, -0.25) is 4.90 Å². The second kappa shape index (κ2) is 7.42. The van der Waals surface area contributed by atoms with E-state index in [1.165, 1.54) is 58.0 Å². The van der Waals surface area contributed by atoms with Crippen LogP contribution in [0.3, 0.4) is 0 Å². The highest BCUT2D eigenvalue weighted by molar-refractivity contribution is 5.31. The number of hydrogen-bond donors (Lipinski definition) is 1. The number of hydrogen-bond acceptors (Lipinski definition) is 2. The number of rotatable bonds is 4. The standard InChI is InChI=1S/C19H30N2/c1-2-21(15-17-11-7-8-14-20-17)19-13-6-4-10-16-9-3-5-12-18(16)19/h3,5,9,12,17,19-20H,2,4,6-8,10-11,13-15H2,1H3. The number of aryl methyl sites for hydroxylation is 1. The van der Waals surface area contributed by atoms with Crippen molar-refractivity contribution >= 4 is 0 Å². The normalized spacial score (nSPS) is 26.4. The molecular weight excluding hydrogens is 256 g/mol. The summed E-state index contributed by atoms with van der Waals surface area (Å²) in [6, 6.07) is 10.5. The van der Waals surface area contributed by atoms with E-state index < -0.39 is 0 Å². The molecule has 3 rings (SSSR count). The molecule has 2 nitrogen and oxygen atoms in total. The summed E-state index contributed by atoms with van der Waals surface area (Å²) < 4.78 is 0. The quantitative estimate of drug-likeness (QED) is 0.844. The number of likely N-dealkylation sites (N-methyl/N-ethyl adjacent to an activating group) is 1. The highest BCUT2D eigenvalue weighted by Crippen LogP contribution is 2.33. The zero-order valence-electron chi connectivity index (χ0n) is 13.5. The van der Waals surface area contributed by atoms with Crippen LogP contribution in [0, 0.1) is 0 Å². The lowest BCUT2D eigenvalue weighted by Gasteiger charge is -2.36. The SMILES string of the molecule is CCN(CC1CCCCN1)C1CCCCc2ccccc21. The number of piperidine rings is 1. The molecule has 1 saturated heterocycles. The van der Waals surface area contributed by atoms with Crippen LogP contribution in [0.5, 0.6) is 0 Å². The number of benzene rings is 1. The summed E-state index contributed by atoms with van der Waals surface area (Å²) in [4.78, 5) is 2.73. The first-order chi connectivity index (χ1) is 10.4. The fraction of sp³-hybridized carbons (Fsp3) is 0.684. The highest BCUT2D eigenvalue weighted by Gasteiger charge is 2.26. The Balaban J connectivity index is 1.76. The van der Waals surface area contributed by atoms with Crippen molar-refractivity contribution in [3.63, 3.8) is 0 Å². The van der Waals surface area contributed by atoms with Crippen LogP contribution in [-0.2, 0) is 6.42 Å². The van der Waals surface area contributed by atoms with Gasteiger partial charge in [0.2, 0.25) is 0 Å². The van der Waals surface area contributed by atoms with Gasteiger partial charge in [0.1, 0.15) is 0 Å². The predicted molar refractivity (Wildman–Crippen MR) is 89.6 cm³/mol. The van der Waals surface area contributed by atoms with E-state index in [0.717, 1.165) is 6.54 Å². The molecule has 1 aliphatic heterocycles. The van der Waals surface area contributed by atoms with Gasteiger partial charge < -0.3 is 5.32 Å². The van der Waals surface area contributed by atoms with E-state index in [0.29, 0.717) is 12.1 Å². The molecule has 21 heavy (non-hydrogen) atoms. The van der Waals surface area contributed by atoms with Crippen molar-refractivity contribution in [3.8, 4) is 0 Å². The van der Waals surface area contributed by atoms with Gasteiger partial charge in [-0.25, -0.2) is 0 Å². The predicted octanol–water partition coefficient (Wildman–Crippen LogP) is 3.92. The Morgan fingerprint density at radius 3 is 2.76 bits per heavy atom. The summed E-state index contributed by atoms with van der Waals surface area (Å²) >= 11 is 0. The molecule has 1 heterocycles. The number of fused-ring (bicyclic) bond motifs is 1. The van der Waals surface area contributed by atoms with Gasteiger partial charge in [0, 0.05) is 18.6 Å². The first kappa shape index (κ1) is 15.1. The van der Waals surface area contributed by atoms with E-state index in [2.05, 4.69) is 41.4 Å². The van der Waals surface area contributed by atoms with Crippen molar-refractivity contribution in [1.29, 1.82) is 0 Å². The van der Waals surface area contributed by atoms with E-state index in [9.17, 15) is 0 Å². The summed E-state index contributed by atoms with van der Waals surface area (Å²) in [5.74, 6) is 0. The Kier molecular flexibility index (Phi) is 5.32. The number of nitrogens with one attached hydrogen (secondary N) is 1. The van der Waals surface area contributed by atoms with Crippen molar-refractivity contribution in [3.05, 3.63) is 35.4 Å². The fourth-order valence-corrected chi connectivity index (χ4v) is 4.11. The van der Waals surface area contributed by atoms with E-state index >= 15 is 0 Å². The topological polar surface area (TPSA) is 15.3 Å². The van der Waals surface area contributed by atoms with Crippen molar-refractivity contribution in [2.45, 2.75) is 64.0 Å². The minimum absolute atomic E-state index is 0.637. The molecule has 2 atom stereocenters. The average molecular weight is 286 g/mol. The lowest BCUT2D eigenvalue weighted by Crippen LogP contribution is -2.44. The first-order valence-corrected chi connectivity index (χ1v) is 8.93.